The molecule has 0 N–H and O–H groups in total. The second-order valence-corrected chi connectivity index (χ2v) is 2.94. The maximum atomic E-state index is 4.20. The van der Waals surface area contributed by atoms with Crippen molar-refractivity contribution in [3.63, 3.8) is 0 Å². The van der Waals surface area contributed by atoms with E-state index in [1.165, 1.54) is 5.57 Å². The van der Waals surface area contributed by atoms with Gasteiger partial charge in [-0.25, -0.2) is 0 Å². The lowest BCUT2D eigenvalue weighted by Gasteiger charge is -2.06. The molecule has 0 unspecified atom stereocenters. The Kier molecular flexibility index (Phi) is 4.51. The Morgan fingerprint density at radius 2 is 1.91 bits per heavy atom. The number of hydrogen-bond acceptors (Lipinski definition) is 1. The van der Waals surface area contributed by atoms with Crippen LogP contribution in [0.5, 0.6) is 0 Å². The molecule has 62 valence electrons. The lowest BCUT2D eigenvalue weighted by atomic mass is 10.0. The first-order chi connectivity index (χ1) is 5.09. The highest BCUT2D eigenvalue weighted by Crippen LogP contribution is 2.13. The van der Waals surface area contributed by atoms with Crippen LogP contribution >= 0.6 is 0 Å². The molecule has 0 aliphatic heterocycles. The average Bonchev–Trinajstić information content (AvgIpc) is 1.98. The van der Waals surface area contributed by atoms with Gasteiger partial charge in [0.1, 0.15) is 0 Å². The van der Waals surface area contributed by atoms with Crippen molar-refractivity contribution >= 4 is 6.21 Å². The van der Waals surface area contributed by atoms with Gasteiger partial charge < -0.3 is 0 Å². The van der Waals surface area contributed by atoms with Gasteiger partial charge in [-0.05, 0) is 25.3 Å². The number of hydrogen-bond donors (Lipinski definition) is 0. The molecule has 11 heavy (non-hydrogen) atoms. The first-order valence-electron chi connectivity index (χ1n) is 3.92. The zero-order chi connectivity index (χ0) is 8.85. The lowest BCUT2D eigenvalue weighted by Crippen LogP contribution is -1.91. The largest absolute Gasteiger partial charge is 0.262 e. The van der Waals surface area contributed by atoms with E-state index >= 15 is 0 Å². The molecule has 0 spiro atoms. The Morgan fingerprint density at radius 3 is 2.27 bits per heavy atom. The predicted octanol–water partition coefficient (Wildman–Crippen LogP) is 3.19. The van der Waals surface area contributed by atoms with Crippen LogP contribution in [0.4, 0.5) is 0 Å². The Morgan fingerprint density at radius 1 is 1.36 bits per heavy atom. The van der Waals surface area contributed by atoms with Gasteiger partial charge in [-0.15, -0.1) is 0 Å². The third-order valence-corrected chi connectivity index (χ3v) is 1.81. The molecule has 1 heteroatoms. The van der Waals surface area contributed by atoms with Gasteiger partial charge >= 0.3 is 0 Å². The minimum Gasteiger partial charge on any atom is -0.262 e. The van der Waals surface area contributed by atoms with Crippen molar-refractivity contribution in [3.05, 3.63) is 23.9 Å². The maximum Gasteiger partial charge on any atom is 0.0364 e. The van der Waals surface area contributed by atoms with E-state index in [9.17, 15) is 0 Å². The van der Waals surface area contributed by atoms with Gasteiger partial charge in [-0.2, -0.15) is 0 Å². The Balaban J connectivity index is 4.39. The summed E-state index contributed by atoms with van der Waals surface area (Å²) in [6, 6.07) is 0. The van der Waals surface area contributed by atoms with E-state index in [2.05, 4.69) is 32.3 Å². The van der Waals surface area contributed by atoms with Crippen molar-refractivity contribution < 1.29 is 0 Å². The van der Waals surface area contributed by atoms with Crippen molar-refractivity contribution in [1.29, 1.82) is 0 Å². The minimum atomic E-state index is 0.581. The normalized spacial score (nSPS) is 13.9. The molecule has 0 amide bonds. The average molecular weight is 151 g/mol. The van der Waals surface area contributed by atoms with Crippen LogP contribution in [0.15, 0.2) is 28.9 Å². The molecule has 0 atom stereocenters. The standard InChI is InChI=1S/C10H17N/c1-6-7-11-10(5)9(4)8(2)3/h6-8H,1H2,2-5H3/b10-9+,11-7-. The van der Waals surface area contributed by atoms with Crippen LogP contribution in [0.3, 0.4) is 0 Å². The molecule has 0 radical (unpaired) electrons. The van der Waals surface area contributed by atoms with Crippen LogP contribution in [0.2, 0.25) is 0 Å². The van der Waals surface area contributed by atoms with Gasteiger partial charge in [-0.3, -0.25) is 4.99 Å². The van der Waals surface area contributed by atoms with Crippen LogP contribution in [0.1, 0.15) is 27.7 Å². The van der Waals surface area contributed by atoms with E-state index < -0.39 is 0 Å². The molecule has 0 fully saturated rings. The van der Waals surface area contributed by atoms with Crippen LogP contribution < -0.4 is 0 Å². The van der Waals surface area contributed by atoms with Gasteiger partial charge in [0, 0.05) is 11.9 Å². The summed E-state index contributed by atoms with van der Waals surface area (Å²) in [7, 11) is 0. The van der Waals surface area contributed by atoms with Crippen molar-refractivity contribution in [2.75, 3.05) is 0 Å². The smallest absolute Gasteiger partial charge is 0.0364 e. The topological polar surface area (TPSA) is 12.4 Å². The molecular formula is C10H17N. The molecule has 0 saturated heterocycles. The summed E-state index contributed by atoms with van der Waals surface area (Å²) >= 11 is 0. The summed E-state index contributed by atoms with van der Waals surface area (Å²) in [5.41, 5.74) is 2.43. The predicted molar refractivity (Wildman–Crippen MR) is 51.9 cm³/mol. The van der Waals surface area contributed by atoms with Gasteiger partial charge in [0.2, 0.25) is 0 Å². The molecule has 0 bridgehead atoms. The fraction of sp³-hybridized carbons (Fsp3) is 0.500. The highest BCUT2D eigenvalue weighted by atomic mass is 14.7. The maximum absolute atomic E-state index is 4.20. The van der Waals surface area contributed by atoms with E-state index in [1.54, 1.807) is 12.3 Å². The summed E-state index contributed by atoms with van der Waals surface area (Å²) in [5, 5.41) is 0. The zero-order valence-corrected chi connectivity index (χ0v) is 7.89. The Labute approximate surface area is 69.5 Å². The van der Waals surface area contributed by atoms with Crippen LogP contribution in [0.25, 0.3) is 0 Å². The fourth-order valence-corrected chi connectivity index (χ4v) is 0.684. The van der Waals surface area contributed by atoms with E-state index in [1.807, 2.05) is 6.92 Å². The number of rotatable bonds is 3. The van der Waals surface area contributed by atoms with Gasteiger partial charge in [0.15, 0.2) is 0 Å². The number of nitrogens with zero attached hydrogens (tertiary/aromatic N) is 1. The molecular weight excluding hydrogens is 134 g/mol. The zero-order valence-electron chi connectivity index (χ0n) is 7.89. The third kappa shape index (κ3) is 3.76. The molecule has 0 rings (SSSR count). The summed E-state index contributed by atoms with van der Waals surface area (Å²) in [6.07, 6.45) is 3.42. The van der Waals surface area contributed by atoms with Crippen LogP contribution in [-0.2, 0) is 0 Å². The molecule has 0 heterocycles. The summed E-state index contributed by atoms with van der Waals surface area (Å²) < 4.78 is 0. The fourth-order valence-electron chi connectivity index (χ4n) is 0.684. The molecule has 0 aliphatic rings. The monoisotopic (exact) mass is 151 g/mol. The van der Waals surface area contributed by atoms with Crippen LogP contribution in [0, 0.1) is 5.92 Å². The summed E-state index contributed by atoms with van der Waals surface area (Å²) in [6.45, 7) is 12.0. The molecule has 0 aliphatic carbocycles. The molecule has 0 aromatic rings. The molecule has 0 aromatic carbocycles. The lowest BCUT2D eigenvalue weighted by molar-refractivity contribution is 0.754. The number of allylic oxidation sites excluding steroid dienone is 3. The Bertz CT molecular complexity index is 185. The second-order valence-electron chi connectivity index (χ2n) is 2.94. The van der Waals surface area contributed by atoms with Crippen molar-refractivity contribution in [3.8, 4) is 0 Å². The van der Waals surface area contributed by atoms with Gasteiger partial charge in [0.25, 0.3) is 0 Å². The van der Waals surface area contributed by atoms with E-state index in [-0.39, 0.29) is 0 Å². The Hall–Kier alpha value is -0.850. The minimum absolute atomic E-state index is 0.581. The first kappa shape index (κ1) is 10.2. The van der Waals surface area contributed by atoms with E-state index in [0.29, 0.717) is 5.92 Å². The first-order valence-corrected chi connectivity index (χ1v) is 3.92. The summed E-state index contributed by atoms with van der Waals surface area (Å²) in [5.74, 6) is 0.581. The highest BCUT2D eigenvalue weighted by Gasteiger charge is 1.98. The third-order valence-electron chi connectivity index (χ3n) is 1.81. The quantitative estimate of drug-likeness (QED) is 0.549. The molecule has 1 nitrogen and oxygen atoms in total. The highest BCUT2D eigenvalue weighted by molar-refractivity contribution is 5.71. The summed E-state index contributed by atoms with van der Waals surface area (Å²) in [4.78, 5) is 4.20. The van der Waals surface area contributed by atoms with E-state index in [0.717, 1.165) is 5.70 Å². The van der Waals surface area contributed by atoms with Gasteiger partial charge in [-0.1, -0.05) is 26.5 Å². The van der Waals surface area contributed by atoms with E-state index in [4.69, 9.17) is 0 Å². The second kappa shape index (κ2) is 4.89. The number of aliphatic imine (C=N–C) groups is 1. The SMILES string of the molecule is C=C/C=N\C(C)=C(/C)C(C)C. The van der Waals surface area contributed by atoms with Crippen molar-refractivity contribution in [2.24, 2.45) is 10.9 Å². The molecule has 0 saturated carbocycles. The van der Waals surface area contributed by atoms with Crippen LogP contribution in [-0.4, -0.2) is 6.21 Å². The van der Waals surface area contributed by atoms with Crippen molar-refractivity contribution in [1.82, 2.24) is 0 Å². The van der Waals surface area contributed by atoms with Crippen molar-refractivity contribution in [2.45, 2.75) is 27.7 Å². The van der Waals surface area contributed by atoms with Gasteiger partial charge in [0.05, 0.1) is 0 Å². The molecule has 0 aromatic heterocycles.